The topological polar surface area (TPSA) is 100 Å². The Labute approximate surface area is 164 Å². The van der Waals surface area contributed by atoms with Gasteiger partial charge in [-0.25, -0.2) is 13.2 Å². The Kier molecular flexibility index (Phi) is 6.20. The summed E-state index contributed by atoms with van der Waals surface area (Å²) in [7, 11) is -3.53. The van der Waals surface area contributed by atoms with E-state index in [2.05, 4.69) is 15.6 Å². The first kappa shape index (κ1) is 19.8. The van der Waals surface area contributed by atoms with Crippen molar-refractivity contribution in [3.8, 4) is 5.75 Å². The first-order chi connectivity index (χ1) is 13.5. The van der Waals surface area contributed by atoms with E-state index >= 15 is 0 Å². The molecule has 8 heteroatoms. The van der Waals surface area contributed by atoms with Gasteiger partial charge in [0.25, 0.3) is 0 Å². The molecule has 0 bridgehead atoms. The van der Waals surface area contributed by atoms with E-state index in [0.717, 1.165) is 11.3 Å². The third-order valence-corrected chi connectivity index (χ3v) is 6.09. The normalized spacial score (nSPS) is 11.3. The number of ether oxygens (including phenoxy) is 1. The summed E-state index contributed by atoms with van der Waals surface area (Å²) in [6.07, 6.45) is 0. The van der Waals surface area contributed by atoms with Crippen LogP contribution in [0.5, 0.6) is 5.75 Å². The zero-order valence-corrected chi connectivity index (χ0v) is 16.4. The van der Waals surface area contributed by atoms with Crippen LogP contribution in [0.4, 0.5) is 4.79 Å². The second-order valence-electron chi connectivity index (χ2n) is 6.29. The molecular weight excluding hydrogens is 378 g/mol. The number of aryl methyl sites for hydroxylation is 1. The summed E-state index contributed by atoms with van der Waals surface area (Å²) in [5.74, 6) is 0.550. The van der Waals surface area contributed by atoms with E-state index in [9.17, 15) is 13.2 Å². The second-order valence-corrected chi connectivity index (χ2v) is 8.33. The lowest BCUT2D eigenvalue weighted by Crippen LogP contribution is -2.39. The summed E-state index contributed by atoms with van der Waals surface area (Å²) in [6.45, 7) is 2.39. The summed E-state index contributed by atoms with van der Waals surface area (Å²) in [6, 6.07) is 16.1. The number of hydrogen-bond acceptors (Lipinski definition) is 4. The molecule has 3 rings (SSSR count). The van der Waals surface area contributed by atoms with Crippen LogP contribution >= 0.6 is 0 Å². The van der Waals surface area contributed by atoms with Crippen molar-refractivity contribution in [3.63, 3.8) is 0 Å². The first-order valence-electron chi connectivity index (χ1n) is 8.97. The average Bonchev–Trinajstić information content (AvgIpc) is 3.02. The van der Waals surface area contributed by atoms with E-state index in [4.69, 9.17) is 4.74 Å². The summed E-state index contributed by atoms with van der Waals surface area (Å²) in [4.78, 5) is 15.2. The lowest BCUT2D eigenvalue weighted by Gasteiger charge is -2.09. The van der Waals surface area contributed by atoms with Gasteiger partial charge in [0.1, 0.15) is 12.4 Å². The molecule has 2 amide bonds. The Balaban J connectivity index is 1.46. The van der Waals surface area contributed by atoms with Crippen molar-refractivity contribution in [2.24, 2.45) is 0 Å². The minimum absolute atomic E-state index is 0.0205. The van der Waals surface area contributed by atoms with Crippen LogP contribution in [0.3, 0.4) is 0 Å². The highest BCUT2D eigenvalue weighted by atomic mass is 32.2. The molecule has 0 aliphatic heterocycles. The van der Waals surface area contributed by atoms with E-state index in [-0.39, 0.29) is 12.3 Å². The number of benzene rings is 2. The molecule has 28 heavy (non-hydrogen) atoms. The van der Waals surface area contributed by atoms with Gasteiger partial charge >= 0.3 is 6.03 Å². The number of aromatic amines is 1. The van der Waals surface area contributed by atoms with Gasteiger partial charge in [0.2, 0.25) is 0 Å². The molecule has 0 aliphatic rings. The van der Waals surface area contributed by atoms with Crippen molar-refractivity contribution in [2.75, 3.05) is 25.4 Å². The van der Waals surface area contributed by atoms with Gasteiger partial charge in [-0.15, -0.1) is 0 Å². The van der Waals surface area contributed by atoms with Crippen LogP contribution in [0.2, 0.25) is 0 Å². The van der Waals surface area contributed by atoms with E-state index in [1.165, 1.54) is 0 Å². The quantitative estimate of drug-likeness (QED) is 0.505. The smallest absolute Gasteiger partial charge is 0.314 e. The molecule has 0 unspecified atom stereocenters. The lowest BCUT2D eigenvalue weighted by molar-refractivity contribution is 0.237. The van der Waals surface area contributed by atoms with Crippen LogP contribution in [0.1, 0.15) is 5.69 Å². The maximum Gasteiger partial charge on any atom is 0.314 e. The monoisotopic (exact) mass is 401 g/mol. The largest absolute Gasteiger partial charge is 0.492 e. The minimum atomic E-state index is -3.53. The highest BCUT2D eigenvalue weighted by Crippen LogP contribution is 2.27. The molecule has 1 heterocycles. The molecule has 3 aromatic rings. The van der Waals surface area contributed by atoms with E-state index in [1.807, 2.05) is 42.5 Å². The number of para-hydroxylation sites is 2. The maximum atomic E-state index is 12.7. The predicted molar refractivity (Wildman–Crippen MR) is 108 cm³/mol. The van der Waals surface area contributed by atoms with Crippen molar-refractivity contribution >= 4 is 26.8 Å². The molecule has 0 spiro atoms. The van der Waals surface area contributed by atoms with Gasteiger partial charge in [-0.2, -0.15) is 0 Å². The number of carbonyl (C=O) groups is 1. The number of sulfone groups is 1. The molecule has 148 valence electrons. The third kappa shape index (κ3) is 4.83. The zero-order valence-electron chi connectivity index (χ0n) is 15.6. The fourth-order valence-electron chi connectivity index (χ4n) is 2.97. The highest BCUT2D eigenvalue weighted by Gasteiger charge is 2.22. The Morgan fingerprint density at radius 2 is 1.68 bits per heavy atom. The van der Waals surface area contributed by atoms with Crippen LogP contribution < -0.4 is 15.4 Å². The standard InChI is InChI=1S/C20H23N3O4S/c1-15-19(17-9-5-6-10-18(17)23-15)28(25,26)14-12-22-20(24)21-11-13-27-16-7-3-2-4-8-16/h2-10,23H,11-14H2,1H3,(H2,21,22,24). The molecule has 0 saturated carbocycles. The SMILES string of the molecule is Cc1[nH]c2ccccc2c1S(=O)(=O)CCNC(=O)NCCOc1ccccc1. The number of aromatic nitrogens is 1. The van der Waals surface area contributed by atoms with Gasteiger partial charge in [-0.1, -0.05) is 36.4 Å². The molecule has 7 nitrogen and oxygen atoms in total. The van der Waals surface area contributed by atoms with Crippen molar-refractivity contribution in [3.05, 3.63) is 60.3 Å². The zero-order chi connectivity index (χ0) is 20.0. The molecule has 0 fully saturated rings. The Morgan fingerprint density at radius 3 is 2.46 bits per heavy atom. The molecule has 3 N–H and O–H groups in total. The summed E-state index contributed by atoms with van der Waals surface area (Å²) >= 11 is 0. The van der Waals surface area contributed by atoms with Gasteiger partial charge in [-0.05, 0) is 25.1 Å². The number of amides is 2. The van der Waals surface area contributed by atoms with Crippen molar-refractivity contribution in [2.45, 2.75) is 11.8 Å². The summed E-state index contributed by atoms with van der Waals surface area (Å²) in [5.41, 5.74) is 1.38. The van der Waals surface area contributed by atoms with Crippen LogP contribution in [0.25, 0.3) is 10.9 Å². The second kappa shape index (κ2) is 8.79. The molecule has 0 aliphatic carbocycles. The molecular formula is C20H23N3O4S. The summed E-state index contributed by atoms with van der Waals surface area (Å²) in [5, 5.41) is 5.88. The number of rotatable bonds is 8. The number of urea groups is 1. The van der Waals surface area contributed by atoms with Crippen LogP contribution in [0.15, 0.2) is 59.5 Å². The summed E-state index contributed by atoms with van der Waals surface area (Å²) < 4.78 is 30.9. The lowest BCUT2D eigenvalue weighted by atomic mass is 10.2. The highest BCUT2D eigenvalue weighted by molar-refractivity contribution is 7.91. The Bertz CT molecular complexity index is 1050. The maximum absolute atomic E-state index is 12.7. The molecule has 0 saturated heterocycles. The van der Waals surface area contributed by atoms with Crippen molar-refractivity contribution in [1.29, 1.82) is 0 Å². The molecule has 0 radical (unpaired) electrons. The number of hydrogen-bond donors (Lipinski definition) is 3. The van der Waals surface area contributed by atoms with E-state index in [1.54, 1.807) is 19.1 Å². The number of nitrogens with one attached hydrogen (secondary N) is 3. The van der Waals surface area contributed by atoms with Gasteiger partial charge in [0.05, 0.1) is 17.2 Å². The van der Waals surface area contributed by atoms with Gasteiger partial charge in [0.15, 0.2) is 9.84 Å². The van der Waals surface area contributed by atoms with Gasteiger partial charge in [0, 0.05) is 23.1 Å². The molecule has 2 aromatic carbocycles. The first-order valence-corrected chi connectivity index (χ1v) is 10.6. The van der Waals surface area contributed by atoms with Gasteiger partial charge in [-0.3, -0.25) is 0 Å². The predicted octanol–water partition coefficient (Wildman–Crippen LogP) is 2.63. The minimum Gasteiger partial charge on any atom is -0.492 e. The number of fused-ring (bicyclic) bond motifs is 1. The van der Waals surface area contributed by atoms with Crippen LogP contribution in [-0.4, -0.2) is 44.9 Å². The van der Waals surface area contributed by atoms with Crippen LogP contribution in [0, 0.1) is 6.92 Å². The van der Waals surface area contributed by atoms with E-state index in [0.29, 0.717) is 29.1 Å². The number of H-pyrrole nitrogens is 1. The van der Waals surface area contributed by atoms with Crippen LogP contribution in [-0.2, 0) is 9.84 Å². The Morgan fingerprint density at radius 1 is 1.00 bits per heavy atom. The fourth-order valence-corrected chi connectivity index (χ4v) is 4.57. The molecule has 1 aromatic heterocycles. The third-order valence-electron chi connectivity index (χ3n) is 4.20. The van der Waals surface area contributed by atoms with E-state index < -0.39 is 15.9 Å². The van der Waals surface area contributed by atoms with Crippen molar-refractivity contribution in [1.82, 2.24) is 15.6 Å². The molecule has 0 atom stereocenters. The fraction of sp³-hybridized carbons (Fsp3) is 0.250. The number of carbonyl (C=O) groups excluding carboxylic acids is 1. The van der Waals surface area contributed by atoms with Gasteiger partial charge < -0.3 is 20.4 Å². The van der Waals surface area contributed by atoms with Crippen molar-refractivity contribution < 1.29 is 17.9 Å². The average molecular weight is 401 g/mol. The Hall–Kier alpha value is -3.00.